The van der Waals surface area contributed by atoms with Crippen LogP contribution in [0.15, 0.2) is 12.4 Å². The first-order valence-electron chi connectivity index (χ1n) is 3.30. The number of aromatic nitrogens is 1. The molecule has 4 N–H and O–H groups in total. The lowest BCUT2D eigenvalue weighted by molar-refractivity contribution is 0.0999. The van der Waals surface area contributed by atoms with Crippen LogP contribution in [0, 0.1) is 0 Å². The molecule has 0 bridgehead atoms. The highest BCUT2D eigenvalue weighted by Crippen LogP contribution is 2.07. The second kappa shape index (κ2) is 2.75. The molecule has 0 saturated carbocycles. The summed E-state index contributed by atoms with van der Waals surface area (Å²) in [4.78, 5) is 10.7. The fourth-order valence-corrected chi connectivity index (χ4v) is 1.02. The Morgan fingerprint density at radius 1 is 1.64 bits per heavy atom. The minimum absolute atomic E-state index is 0.346. The minimum atomic E-state index is -0.425. The first-order chi connectivity index (χ1) is 5.15. The van der Waals surface area contributed by atoms with Crippen molar-refractivity contribution >= 4 is 5.91 Å². The third kappa shape index (κ3) is 1.40. The molecule has 1 amide bonds. The molecule has 0 aromatic carbocycles. The van der Waals surface area contributed by atoms with Crippen LogP contribution < -0.4 is 11.5 Å². The van der Waals surface area contributed by atoms with E-state index in [2.05, 4.69) is 0 Å². The van der Waals surface area contributed by atoms with Crippen LogP contribution >= 0.6 is 0 Å². The summed E-state index contributed by atoms with van der Waals surface area (Å²) >= 11 is 0. The van der Waals surface area contributed by atoms with Gasteiger partial charge in [0, 0.05) is 26.0 Å². The minimum Gasteiger partial charge on any atom is -0.366 e. The topological polar surface area (TPSA) is 74.0 Å². The first kappa shape index (κ1) is 7.81. The summed E-state index contributed by atoms with van der Waals surface area (Å²) in [5, 5.41) is 0. The Bertz CT molecular complexity index is 277. The van der Waals surface area contributed by atoms with Gasteiger partial charge in [-0.15, -0.1) is 0 Å². The van der Waals surface area contributed by atoms with Gasteiger partial charge in [-0.3, -0.25) is 4.79 Å². The van der Waals surface area contributed by atoms with Gasteiger partial charge in [-0.2, -0.15) is 0 Å². The zero-order chi connectivity index (χ0) is 8.43. The van der Waals surface area contributed by atoms with Gasteiger partial charge >= 0.3 is 0 Å². The van der Waals surface area contributed by atoms with E-state index >= 15 is 0 Å². The second-order valence-electron chi connectivity index (χ2n) is 2.43. The van der Waals surface area contributed by atoms with Crippen molar-refractivity contribution in [3.05, 3.63) is 23.5 Å². The van der Waals surface area contributed by atoms with Crippen LogP contribution in [0.2, 0.25) is 0 Å². The largest absolute Gasteiger partial charge is 0.366 e. The van der Waals surface area contributed by atoms with Crippen LogP contribution in [-0.4, -0.2) is 10.5 Å². The molecular formula is C7H11N3O. The fraction of sp³-hybridized carbons (Fsp3) is 0.286. The van der Waals surface area contributed by atoms with Crippen molar-refractivity contribution in [2.24, 2.45) is 18.5 Å². The van der Waals surface area contributed by atoms with Gasteiger partial charge in [-0.05, 0) is 5.56 Å². The Balaban J connectivity index is 3.12. The van der Waals surface area contributed by atoms with E-state index in [0.29, 0.717) is 12.1 Å². The highest BCUT2D eigenvalue weighted by atomic mass is 16.1. The van der Waals surface area contributed by atoms with Crippen LogP contribution in [-0.2, 0) is 13.6 Å². The summed E-state index contributed by atoms with van der Waals surface area (Å²) in [6, 6.07) is 0. The van der Waals surface area contributed by atoms with Crippen molar-refractivity contribution in [3.63, 3.8) is 0 Å². The second-order valence-corrected chi connectivity index (χ2v) is 2.43. The molecule has 1 aromatic heterocycles. The van der Waals surface area contributed by atoms with E-state index in [-0.39, 0.29) is 0 Å². The molecule has 1 rings (SSSR count). The van der Waals surface area contributed by atoms with E-state index < -0.39 is 5.91 Å². The molecule has 0 spiro atoms. The number of carbonyl (C=O) groups is 1. The molecule has 0 atom stereocenters. The van der Waals surface area contributed by atoms with Gasteiger partial charge in [-0.1, -0.05) is 0 Å². The van der Waals surface area contributed by atoms with Crippen molar-refractivity contribution in [3.8, 4) is 0 Å². The van der Waals surface area contributed by atoms with Crippen LogP contribution in [0.3, 0.4) is 0 Å². The van der Waals surface area contributed by atoms with Gasteiger partial charge in [0.1, 0.15) is 0 Å². The Hall–Kier alpha value is -1.29. The number of rotatable bonds is 2. The van der Waals surface area contributed by atoms with Gasteiger partial charge in [-0.25, -0.2) is 0 Å². The molecule has 4 heteroatoms. The lowest BCUT2D eigenvalue weighted by Crippen LogP contribution is -2.13. The van der Waals surface area contributed by atoms with E-state index in [1.54, 1.807) is 17.0 Å². The molecule has 1 heterocycles. The quantitative estimate of drug-likeness (QED) is 0.605. The SMILES string of the molecule is Cn1cc(CN)c(C(N)=O)c1. The average Bonchev–Trinajstić information content (AvgIpc) is 2.30. The molecule has 4 nitrogen and oxygen atoms in total. The maximum Gasteiger partial charge on any atom is 0.250 e. The zero-order valence-electron chi connectivity index (χ0n) is 6.37. The van der Waals surface area contributed by atoms with Gasteiger partial charge in [0.2, 0.25) is 0 Å². The molecular weight excluding hydrogens is 142 g/mol. The molecule has 11 heavy (non-hydrogen) atoms. The highest BCUT2D eigenvalue weighted by Gasteiger charge is 2.07. The molecule has 0 radical (unpaired) electrons. The number of hydrogen-bond donors (Lipinski definition) is 2. The third-order valence-corrected chi connectivity index (χ3v) is 1.52. The smallest absolute Gasteiger partial charge is 0.250 e. The van der Waals surface area contributed by atoms with Gasteiger partial charge < -0.3 is 16.0 Å². The molecule has 0 aliphatic heterocycles. The van der Waals surface area contributed by atoms with Crippen molar-refractivity contribution in [1.29, 1.82) is 0 Å². The van der Waals surface area contributed by atoms with Gasteiger partial charge in [0.25, 0.3) is 5.91 Å². The number of primary amides is 1. The molecule has 0 unspecified atom stereocenters. The maximum atomic E-state index is 10.7. The summed E-state index contributed by atoms with van der Waals surface area (Å²) in [7, 11) is 1.82. The van der Waals surface area contributed by atoms with Crippen molar-refractivity contribution < 1.29 is 4.79 Å². The van der Waals surface area contributed by atoms with Crippen LogP contribution in [0.5, 0.6) is 0 Å². The number of hydrogen-bond acceptors (Lipinski definition) is 2. The van der Waals surface area contributed by atoms with E-state index in [1.807, 2.05) is 7.05 Å². The Labute approximate surface area is 64.8 Å². The zero-order valence-corrected chi connectivity index (χ0v) is 6.37. The van der Waals surface area contributed by atoms with Crippen LogP contribution in [0.4, 0.5) is 0 Å². The molecule has 1 aromatic rings. The lowest BCUT2D eigenvalue weighted by Gasteiger charge is -1.92. The van der Waals surface area contributed by atoms with Crippen molar-refractivity contribution in [2.45, 2.75) is 6.54 Å². The lowest BCUT2D eigenvalue weighted by atomic mass is 10.2. The Morgan fingerprint density at radius 2 is 2.27 bits per heavy atom. The predicted octanol–water partition coefficient (Wildman–Crippen LogP) is -0.417. The number of aryl methyl sites for hydroxylation is 1. The monoisotopic (exact) mass is 153 g/mol. The number of nitrogens with zero attached hydrogens (tertiary/aromatic N) is 1. The first-order valence-corrected chi connectivity index (χ1v) is 3.30. The van der Waals surface area contributed by atoms with Gasteiger partial charge in [0.15, 0.2) is 0 Å². The molecule has 0 aliphatic carbocycles. The summed E-state index contributed by atoms with van der Waals surface area (Å²) < 4.78 is 1.77. The number of carbonyl (C=O) groups excluding carboxylic acids is 1. The van der Waals surface area contributed by atoms with E-state index in [0.717, 1.165) is 5.56 Å². The van der Waals surface area contributed by atoms with E-state index in [9.17, 15) is 4.79 Å². The molecule has 0 fully saturated rings. The van der Waals surface area contributed by atoms with E-state index in [1.165, 1.54) is 0 Å². The van der Waals surface area contributed by atoms with Crippen LogP contribution in [0.1, 0.15) is 15.9 Å². The summed E-state index contributed by atoms with van der Waals surface area (Å²) in [6.07, 6.45) is 3.46. The highest BCUT2D eigenvalue weighted by molar-refractivity contribution is 5.94. The predicted molar refractivity (Wildman–Crippen MR) is 41.8 cm³/mol. The number of nitrogens with two attached hydrogens (primary N) is 2. The standard InChI is InChI=1S/C7H11N3O/c1-10-3-5(2-8)6(4-10)7(9)11/h3-4H,2,8H2,1H3,(H2,9,11). The third-order valence-electron chi connectivity index (χ3n) is 1.52. The van der Waals surface area contributed by atoms with Crippen LogP contribution in [0.25, 0.3) is 0 Å². The molecule has 0 saturated heterocycles. The average molecular weight is 153 g/mol. The maximum absolute atomic E-state index is 10.7. The summed E-state index contributed by atoms with van der Waals surface area (Å²) in [5.74, 6) is -0.425. The Morgan fingerprint density at radius 3 is 2.64 bits per heavy atom. The summed E-state index contributed by atoms with van der Waals surface area (Å²) in [6.45, 7) is 0.346. The van der Waals surface area contributed by atoms with E-state index in [4.69, 9.17) is 11.5 Å². The molecule has 60 valence electrons. The normalized spacial score (nSPS) is 10.0. The fourth-order valence-electron chi connectivity index (χ4n) is 1.02. The number of amides is 1. The van der Waals surface area contributed by atoms with Crippen molar-refractivity contribution in [2.75, 3.05) is 0 Å². The Kier molecular flexibility index (Phi) is 1.96. The van der Waals surface area contributed by atoms with Crippen molar-refractivity contribution in [1.82, 2.24) is 4.57 Å². The summed E-state index contributed by atoms with van der Waals surface area (Å²) in [5.41, 5.74) is 11.8. The van der Waals surface area contributed by atoms with Gasteiger partial charge in [0.05, 0.1) is 5.56 Å². The molecule has 0 aliphatic rings.